The van der Waals surface area contributed by atoms with Crippen molar-refractivity contribution in [1.82, 2.24) is 4.98 Å². The lowest BCUT2D eigenvalue weighted by Crippen LogP contribution is -2.00. The van der Waals surface area contributed by atoms with Crippen molar-refractivity contribution in [1.29, 1.82) is 5.26 Å². The number of nitrogens with one attached hydrogen (secondary N) is 1. The van der Waals surface area contributed by atoms with Crippen LogP contribution in [0.3, 0.4) is 0 Å². The molecule has 1 N–H and O–H groups in total. The minimum absolute atomic E-state index is 0.117. The maximum Gasteiger partial charge on any atom is 0.231 e. The van der Waals surface area contributed by atoms with E-state index in [0.29, 0.717) is 33.3 Å². The van der Waals surface area contributed by atoms with Crippen LogP contribution in [0, 0.1) is 25.2 Å². The largest absolute Gasteiger partial charge is 0.454 e. The molecule has 0 fully saturated rings. The average molecular weight is 417 g/mol. The van der Waals surface area contributed by atoms with Crippen LogP contribution in [0.5, 0.6) is 11.5 Å². The Morgan fingerprint density at radius 2 is 2.00 bits per heavy atom. The van der Waals surface area contributed by atoms with Crippen molar-refractivity contribution in [2.45, 2.75) is 20.8 Å². The van der Waals surface area contributed by atoms with Crippen LogP contribution in [-0.2, 0) is 0 Å². The van der Waals surface area contributed by atoms with E-state index in [1.165, 1.54) is 23.8 Å². The highest BCUT2D eigenvalue weighted by Crippen LogP contribution is 2.37. The molecule has 0 atom stereocenters. The summed E-state index contributed by atoms with van der Waals surface area (Å²) in [5.41, 5.74) is 5.60. The zero-order chi connectivity index (χ0) is 21.3. The number of carbonyl (C=O) groups is 1. The van der Waals surface area contributed by atoms with Gasteiger partial charge in [0.25, 0.3) is 0 Å². The fourth-order valence-electron chi connectivity index (χ4n) is 3.27. The molecular formula is C23H19N3O3S. The van der Waals surface area contributed by atoms with Crippen LogP contribution in [0.2, 0.25) is 0 Å². The minimum Gasteiger partial charge on any atom is -0.454 e. The third kappa shape index (κ3) is 3.78. The lowest BCUT2D eigenvalue weighted by molar-refractivity contribution is 0.101. The number of nitriles is 1. The molecule has 1 aromatic heterocycles. The molecule has 150 valence electrons. The summed E-state index contributed by atoms with van der Waals surface area (Å²) in [6.07, 6.45) is 1.56. The van der Waals surface area contributed by atoms with E-state index in [0.717, 1.165) is 16.8 Å². The second-order valence-corrected chi connectivity index (χ2v) is 7.84. The lowest BCUT2D eigenvalue weighted by atomic mass is 10.0. The van der Waals surface area contributed by atoms with Crippen molar-refractivity contribution in [2.24, 2.45) is 0 Å². The Labute approximate surface area is 178 Å². The average Bonchev–Trinajstić information content (AvgIpc) is 3.37. The number of thiazole rings is 1. The van der Waals surface area contributed by atoms with E-state index in [4.69, 9.17) is 9.47 Å². The molecule has 0 amide bonds. The van der Waals surface area contributed by atoms with Gasteiger partial charge in [-0.25, -0.2) is 4.98 Å². The summed E-state index contributed by atoms with van der Waals surface area (Å²) in [4.78, 5) is 16.7. The molecule has 1 aliphatic rings. The van der Waals surface area contributed by atoms with Gasteiger partial charge in [-0.2, -0.15) is 5.26 Å². The number of anilines is 1. The first-order chi connectivity index (χ1) is 14.5. The van der Waals surface area contributed by atoms with E-state index >= 15 is 0 Å². The number of carbonyl (C=O) groups excluding carboxylic acids is 1. The van der Waals surface area contributed by atoms with Gasteiger partial charge in [0.05, 0.1) is 11.4 Å². The summed E-state index contributed by atoms with van der Waals surface area (Å²) in [5.74, 6) is 0.975. The Balaban J connectivity index is 1.64. The monoisotopic (exact) mass is 417 g/mol. The molecule has 3 aromatic rings. The molecule has 0 saturated heterocycles. The molecule has 0 radical (unpaired) electrons. The second kappa shape index (κ2) is 8.01. The molecular weight excluding hydrogens is 398 g/mol. The molecule has 0 bridgehead atoms. The molecule has 0 aliphatic carbocycles. The zero-order valence-corrected chi connectivity index (χ0v) is 17.6. The Bertz CT molecular complexity index is 1220. The number of rotatable bonds is 5. The third-order valence-corrected chi connectivity index (χ3v) is 5.65. The summed E-state index contributed by atoms with van der Waals surface area (Å²) in [6, 6.07) is 11.7. The third-order valence-electron chi connectivity index (χ3n) is 4.78. The van der Waals surface area contributed by atoms with Gasteiger partial charge in [-0.1, -0.05) is 23.8 Å². The van der Waals surface area contributed by atoms with Gasteiger partial charge in [-0.05, 0) is 32.4 Å². The molecule has 1 aliphatic heterocycles. The fraction of sp³-hybridized carbons (Fsp3) is 0.174. The number of ketones is 1. The van der Waals surface area contributed by atoms with E-state index in [1.807, 2.05) is 24.4 Å². The van der Waals surface area contributed by atoms with Gasteiger partial charge in [0.2, 0.25) is 6.79 Å². The number of aromatic nitrogens is 1. The number of benzene rings is 2. The van der Waals surface area contributed by atoms with Gasteiger partial charge < -0.3 is 14.8 Å². The molecule has 2 aromatic carbocycles. The smallest absolute Gasteiger partial charge is 0.231 e. The first-order valence-corrected chi connectivity index (χ1v) is 10.2. The van der Waals surface area contributed by atoms with Crippen molar-refractivity contribution < 1.29 is 14.3 Å². The van der Waals surface area contributed by atoms with Crippen LogP contribution in [0.4, 0.5) is 5.69 Å². The number of fused-ring (bicyclic) bond motifs is 1. The molecule has 0 unspecified atom stereocenters. The number of nitrogens with zero attached hydrogens (tertiary/aromatic N) is 2. The molecule has 4 rings (SSSR count). The van der Waals surface area contributed by atoms with E-state index in [1.54, 1.807) is 18.3 Å². The Hall–Kier alpha value is -3.63. The van der Waals surface area contributed by atoms with Crippen molar-refractivity contribution >= 4 is 28.4 Å². The Morgan fingerprint density at radius 3 is 2.70 bits per heavy atom. The van der Waals surface area contributed by atoms with Gasteiger partial charge in [-0.3, -0.25) is 4.79 Å². The number of aryl methyl sites for hydroxylation is 2. The summed E-state index contributed by atoms with van der Waals surface area (Å²) < 4.78 is 10.7. The van der Waals surface area contributed by atoms with E-state index in [-0.39, 0.29) is 12.6 Å². The highest BCUT2D eigenvalue weighted by Gasteiger charge is 2.19. The van der Waals surface area contributed by atoms with Crippen LogP contribution in [0.1, 0.15) is 33.4 Å². The number of hydrogen-bond acceptors (Lipinski definition) is 7. The van der Waals surface area contributed by atoms with Gasteiger partial charge in [0.15, 0.2) is 17.3 Å². The van der Waals surface area contributed by atoms with E-state index in [2.05, 4.69) is 29.4 Å². The van der Waals surface area contributed by atoms with Crippen LogP contribution >= 0.6 is 11.3 Å². The normalized spacial score (nSPS) is 12.5. The summed E-state index contributed by atoms with van der Waals surface area (Å²) in [5, 5.41) is 15.3. The van der Waals surface area contributed by atoms with E-state index in [9.17, 15) is 10.1 Å². The molecule has 0 saturated carbocycles. The van der Waals surface area contributed by atoms with Crippen LogP contribution in [0.25, 0.3) is 16.8 Å². The van der Waals surface area contributed by atoms with Crippen molar-refractivity contribution in [3.05, 3.63) is 63.6 Å². The van der Waals surface area contributed by atoms with E-state index < -0.39 is 0 Å². The van der Waals surface area contributed by atoms with Crippen molar-refractivity contribution in [2.75, 3.05) is 12.1 Å². The van der Waals surface area contributed by atoms with Gasteiger partial charge in [-0.15, -0.1) is 11.3 Å². The van der Waals surface area contributed by atoms with Crippen molar-refractivity contribution in [3.63, 3.8) is 0 Å². The molecule has 6 nitrogen and oxygen atoms in total. The maximum atomic E-state index is 12.0. The number of allylic oxidation sites excluding steroid dienone is 1. The maximum absolute atomic E-state index is 12.0. The van der Waals surface area contributed by atoms with Gasteiger partial charge >= 0.3 is 0 Å². The standard InChI is InChI=1S/C23H19N3O3S/c1-13-4-5-17(14(2)6-13)20-11-30-23(26-20)16(9-24)10-25-19-8-22-21(28-12-29-22)7-18(19)15(3)27/h4-8,10-11,25H,12H2,1-3H3. The zero-order valence-electron chi connectivity index (χ0n) is 16.8. The summed E-state index contributed by atoms with van der Waals surface area (Å²) in [7, 11) is 0. The highest BCUT2D eigenvalue weighted by atomic mass is 32.1. The first-order valence-electron chi connectivity index (χ1n) is 9.31. The predicted molar refractivity (Wildman–Crippen MR) is 117 cm³/mol. The van der Waals surface area contributed by atoms with Gasteiger partial charge in [0, 0.05) is 28.8 Å². The number of Topliss-reactive ketones (excluding diaryl/α,β-unsaturated/α-hetero) is 1. The number of ether oxygens (including phenoxy) is 2. The van der Waals surface area contributed by atoms with Crippen molar-refractivity contribution in [3.8, 4) is 28.8 Å². The number of hydrogen-bond donors (Lipinski definition) is 1. The lowest BCUT2D eigenvalue weighted by Gasteiger charge is -2.09. The molecule has 0 spiro atoms. The SMILES string of the molecule is CC(=O)c1cc2c(cc1NC=C(C#N)c1nc(-c3ccc(C)cc3C)cs1)OCO2. The van der Waals surface area contributed by atoms with Gasteiger partial charge in [0.1, 0.15) is 16.6 Å². The molecule has 30 heavy (non-hydrogen) atoms. The summed E-state index contributed by atoms with van der Waals surface area (Å²) >= 11 is 1.40. The van der Waals surface area contributed by atoms with Crippen LogP contribution in [-0.4, -0.2) is 17.6 Å². The van der Waals surface area contributed by atoms with Crippen LogP contribution in [0.15, 0.2) is 41.9 Å². The van der Waals surface area contributed by atoms with Crippen LogP contribution < -0.4 is 14.8 Å². The second-order valence-electron chi connectivity index (χ2n) is 6.98. The quantitative estimate of drug-likeness (QED) is 0.446. The fourth-order valence-corrected chi connectivity index (χ4v) is 4.05. The first kappa shape index (κ1) is 19.7. The Morgan fingerprint density at radius 1 is 1.23 bits per heavy atom. The minimum atomic E-state index is -0.117. The highest BCUT2D eigenvalue weighted by molar-refractivity contribution is 7.11. The topological polar surface area (TPSA) is 84.2 Å². The predicted octanol–water partition coefficient (Wildman–Crippen LogP) is 5.33. The summed E-state index contributed by atoms with van der Waals surface area (Å²) in [6.45, 7) is 5.70. The molecule has 7 heteroatoms. The molecule has 2 heterocycles. The Kier molecular flexibility index (Phi) is 5.25.